The number of hydrogen-bond donors (Lipinski definition) is 1. The monoisotopic (exact) mass is 266 g/mol. The van der Waals surface area contributed by atoms with E-state index in [-0.39, 0.29) is 0 Å². The Morgan fingerprint density at radius 3 is 2.00 bits per heavy atom. The van der Waals surface area contributed by atoms with Crippen LogP contribution in [0, 0.1) is 0 Å². The third-order valence-electron chi connectivity index (χ3n) is 1.49. The second kappa shape index (κ2) is 14.5. The molecule has 0 radical (unpaired) electrons. The molecule has 13 heavy (non-hydrogen) atoms. The minimum absolute atomic E-state index is 0.337. The molecule has 5 heteroatoms. The second-order valence-electron chi connectivity index (χ2n) is 2.64. The van der Waals surface area contributed by atoms with Gasteiger partial charge in [0.05, 0.1) is 0 Å². The molecule has 0 bridgehead atoms. The molecular weight excluding hydrogens is 251 g/mol. The van der Waals surface area contributed by atoms with Gasteiger partial charge in [0.25, 0.3) is 0 Å². The van der Waals surface area contributed by atoms with E-state index < -0.39 is 29.2 Å². The summed E-state index contributed by atoms with van der Waals surface area (Å²) in [6.07, 6.45) is 5.88. The third-order valence-corrected chi connectivity index (χ3v) is 1.49. The van der Waals surface area contributed by atoms with Gasteiger partial charge in [0, 0.05) is 6.42 Å². The van der Waals surface area contributed by atoms with E-state index >= 15 is 0 Å². The van der Waals surface area contributed by atoms with Crippen molar-refractivity contribution in [2.75, 3.05) is 0 Å². The van der Waals surface area contributed by atoms with Crippen molar-refractivity contribution >= 4 is 5.97 Å². The average molecular weight is 267 g/mol. The second-order valence-corrected chi connectivity index (χ2v) is 3.05. The maximum atomic E-state index is 10.0. The summed E-state index contributed by atoms with van der Waals surface area (Å²) < 4.78 is 17.1. The molecule has 0 atom stereocenters. The molecule has 76 valence electrons. The summed E-state index contributed by atoms with van der Waals surface area (Å²) >= 11 is -2.27. The molecule has 0 aromatic rings. The van der Waals surface area contributed by atoms with Gasteiger partial charge in [0.1, 0.15) is 0 Å². The van der Waals surface area contributed by atoms with Crippen molar-refractivity contribution < 1.29 is 38.8 Å². The Balaban J connectivity index is 0. The fourth-order valence-corrected chi connectivity index (χ4v) is 0.880. The van der Waals surface area contributed by atoms with Crippen LogP contribution < -0.4 is 0 Å². The molecule has 0 rings (SSSR count). The van der Waals surface area contributed by atoms with Gasteiger partial charge in [0.15, 0.2) is 0 Å². The minimum atomic E-state index is -2.27. The first-order chi connectivity index (χ1) is 6.18. The number of hydrogen-bond acceptors (Lipinski definition) is 3. The standard InChI is InChI=1S/C8H16O2.2O.Zr/c1-2-3-4-5-6-7-8(9)10;;;/h2-7H2,1H3,(H,9,10);;;. The molecule has 0 aliphatic heterocycles. The molecule has 0 aliphatic carbocycles. The van der Waals surface area contributed by atoms with Gasteiger partial charge in [0.2, 0.25) is 0 Å². The molecule has 0 aromatic carbocycles. The number of aliphatic carboxylic acids is 1. The zero-order valence-corrected chi connectivity index (χ0v) is 10.4. The summed E-state index contributed by atoms with van der Waals surface area (Å²) in [6, 6.07) is 0. The molecule has 0 spiro atoms. The molecular formula is C8H16O4Zr. The van der Waals surface area contributed by atoms with Gasteiger partial charge in [-0.25, -0.2) is 0 Å². The fraction of sp³-hybridized carbons (Fsp3) is 0.875. The Morgan fingerprint density at radius 2 is 1.62 bits per heavy atom. The van der Waals surface area contributed by atoms with Crippen molar-refractivity contribution in [3.05, 3.63) is 0 Å². The van der Waals surface area contributed by atoms with Crippen LogP contribution in [0.4, 0.5) is 0 Å². The molecule has 0 aliphatic rings. The first-order valence-electron chi connectivity index (χ1n) is 4.40. The van der Waals surface area contributed by atoms with Gasteiger partial charge < -0.3 is 5.11 Å². The van der Waals surface area contributed by atoms with Crippen LogP contribution in [0.25, 0.3) is 0 Å². The summed E-state index contributed by atoms with van der Waals surface area (Å²) in [5, 5.41) is 8.27. The van der Waals surface area contributed by atoms with E-state index in [2.05, 4.69) is 6.92 Å². The van der Waals surface area contributed by atoms with Gasteiger partial charge in [-0.3, -0.25) is 4.79 Å². The van der Waals surface area contributed by atoms with Crippen LogP contribution in [0.3, 0.4) is 0 Å². The molecule has 0 fully saturated rings. The van der Waals surface area contributed by atoms with Crippen molar-refractivity contribution in [3.8, 4) is 0 Å². The van der Waals surface area contributed by atoms with Crippen molar-refractivity contribution in [2.45, 2.75) is 45.4 Å². The van der Waals surface area contributed by atoms with Gasteiger partial charge in [-0.05, 0) is 6.42 Å². The zero-order valence-electron chi connectivity index (χ0n) is 7.91. The van der Waals surface area contributed by atoms with E-state index in [1.807, 2.05) is 0 Å². The summed E-state index contributed by atoms with van der Waals surface area (Å²) in [6.45, 7) is 2.15. The van der Waals surface area contributed by atoms with Crippen molar-refractivity contribution in [1.29, 1.82) is 0 Å². The topological polar surface area (TPSA) is 71.4 Å². The number of carboxylic acids is 1. The van der Waals surface area contributed by atoms with Crippen LogP contribution in [-0.4, -0.2) is 11.1 Å². The molecule has 0 aromatic heterocycles. The Morgan fingerprint density at radius 1 is 1.15 bits per heavy atom. The van der Waals surface area contributed by atoms with E-state index in [1.54, 1.807) is 0 Å². The molecule has 0 saturated heterocycles. The molecule has 4 nitrogen and oxygen atoms in total. The van der Waals surface area contributed by atoms with E-state index in [4.69, 9.17) is 10.7 Å². The van der Waals surface area contributed by atoms with Crippen LogP contribution in [0.15, 0.2) is 0 Å². The number of unbranched alkanes of at least 4 members (excludes halogenated alkanes) is 4. The number of carbonyl (C=O) groups is 1. The Labute approximate surface area is 90.2 Å². The fourth-order valence-electron chi connectivity index (χ4n) is 0.880. The van der Waals surface area contributed by atoms with Gasteiger partial charge >= 0.3 is 34.8 Å². The number of rotatable bonds is 6. The Kier molecular flexibility index (Phi) is 17.2. The van der Waals surface area contributed by atoms with Crippen LogP contribution >= 0.6 is 0 Å². The number of carboxylic acid groups (broad SMARTS) is 1. The average Bonchev–Trinajstić information content (AvgIpc) is 2.05. The molecule has 0 amide bonds. The molecule has 0 saturated carbocycles. The summed E-state index contributed by atoms with van der Waals surface area (Å²) in [7, 11) is 0. The normalized spacial score (nSPS) is 8.08. The Bertz CT molecular complexity index is 152. The quantitative estimate of drug-likeness (QED) is 0.749. The van der Waals surface area contributed by atoms with Gasteiger partial charge in [-0.2, -0.15) is 0 Å². The van der Waals surface area contributed by atoms with E-state index in [0.717, 1.165) is 12.8 Å². The van der Waals surface area contributed by atoms with E-state index in [1.165, 1.54) is 19.3 Å². The van der Waals surface area contributed by atoms with E-state index in [9.17, 15) is 4.79 Å². The van der Waals surface area contributed by atoms with Crippen molar-refractivity contribution in [1.82, 2.24) is 0 Å². The summed E-state index contributed by atoms with van der Waals surface area (Å²) in [5.74, 6) is -0.670. The summed E-state index contributed by atoms with van der Waals surface area (Å²) in [5.41, 5.74) is 0. The van der Waals surface area contributed by atoms with Crippen LogP contribution in [0.1, 0.15) is 45.4 Å². The maximum absolute atomic E-state index is 10.0. The van der Waals surface area contributed by atoms with Crippen LogP contribution in [0.2, 0.25) is 0 Å². The molecule has 0 unspecified atom stereocenters. The molecule has 0 heterocycles. The van der Waals surface area contributed by atoms with Gasteiger partial charge in [-0.15, -0.1) is 0 Å². The first kappa shape index (κ1) is 15.4. The predicted octanol–water partition coefficient (Wildman–Crippen LogP) is 2.19. The van der Waals surface area contributed by atoms with E-state index in [0.29, 0.717) is 6.42 Å². The summed E-state index contributed by atoms with van der Waals surface area (Å²) in [4.78, 5) is 10.0. The molecule has 1 N–H and O–H groups in total. The van der Waals surface area contributed by atoms with Gasteiger partial charge in [-0.1, -0.05) is 32.6 Å². The van der Waals surface area contributed by atoms with Crippen molar-refractivity contribution in [2.24, 2.45) is 0 Å². The third kappa shape index (κ3) is 24.5. The predicted molar refractivity (Wildman–Crippen MR) is 42.4 cm³/mol. The van der Waals surface area contributed by atoms with Crippen LogP contribution in [0.5, 0.6) is 0 Å². The first-order valence-corrected chi connectivity index (χ1v) is 6.40. The Hall–Kier alpha value is -0.0469. The SMILES string of the molecule is CCCCCCCC(=O)O.[O]=[Zr]=[O]. The van der Waals surface area contributed by atoms with Crippen LogP contribution in [-0.2, 0) is 33.7 Å². The zero-order chi connectivity index (χ0) is 10.5. The van der Waals surface area contributed by atoms with Crippen molar-refractivity contribution in [3.63, 3.8) is 0 Å².